The number of carbonyl (C=O) groups excluding carboxylic acids is 1. The molecule has 3 N–H and O–H groups in total. The molecule has 0 bridgehead atoms. The standard InChI is InChI=1S/C12H15N3O2/c1-17-12(16)8(13)6-7-11-14-9-4-2-3-5-10(9)15-11/h2-5,8H,6-7,13H2,1H3,(H,14,15)/t8-/m1/s1. The Hall–Kier alpha value is -1.88. The van der Waals surface area contributed by atoms with Crippen LogP contribution in [-0.2, 0) is 16.0 Å². The van der Waals surface area contributed by atoms with Crippen molar-refractivity contribution in [3.05, 3.63) is 30.1 Å². The van der Waals surface area contributed by atoms with Crippen LogP contribution in [0.5, 0.6) is 0 Å². The quantitative estimate of drug-likeness (QED) is 0.772. The molecule has 2 rings (SSSR count). The van der Waals surface area contributed by atoms with Gasteiger partial charge in [-0.2, -0.15) is 0 Å². The number of aryl methyl sites for hydroxylation is 1. The molecule has 0 radical (unpaired) electrons. The normalized spacial score (nSPS) is 12.6. The van der Waals surface area contributed by atoms with Gasteiger partial charge in [0.15, 0.2) is 0 Å². The summed E-state index contributed by atoms with van der Waals surface area (Å²) in [7, 11) is 1.34. The molecule has 1 aromatic heterocycles. The molecule has 0 aliphatic carbocycles. The molecule has 0 fully saturated rings. The zero-order valence-electron chi connectivity index (χ0n) is 9.64. The molecule has 0 saturated heterocycles. The van der Waals surface area contributed by atoms with Gasteiger partial charge >= 0.3 is 5.97 Å². The number of aromatic amines is 1. The summed E-state index contributed by atoms with van der Waals surface area (Å²) < 4.78 is 4.56. The summed E-state index contributed by atoms with van der Waals surface area (Å²) in [6.07, 6.45) is 1.15. The number of methoxy groups -OCH3 is 1. The number of rotatable bonds is 4. The second kappa shape index (κ2) is 4.97. The first-order chi connectivity index (χ1) is 8.20. The summed E-state index contributed by atoms with van der Waals surface area (Å²) in [5, 5.41) is 0. The van der Waals surface area contributed by atoms with E-state index in [4.69, 9.17) is 5.73 Å². The number of nitrogens with zero attached hydrogens (tertiary/aromatic N) is 1. The maximum Gasteiger partial charge on any atom is 0.322 e. The van der Waals surface area contributed by atoms with Crippen LogP contribution >= 0.6 is 0 Å². The van der Waals surface area contributed by atoms with Gasteiger partial charge in [-0.25, -0.2) is 4.98 Å². The van der Waals surface area contributed by atoms with Crippen molar-refractivity contribution >= 4 is 17.0 Å². The summed E-state index contributed by atoms with van der Waals surface area (Å²) in [6, 6.07) is 7.20. The topological polar surface area (TPSA) is 81.0 Å². The van der Waals surface area contributed by atoms with Crippen molar-refractivity contribution in [3.63, 3.8) is 0 Å². The Kier molecular flexibility index (Phi) is 3.39. The minimum atomic E-state index is -0.590. The van der Waals surface area contributed by atoms with Crippen LogP contribution in [0.15, 0.2) is 24.3 Å². The van der Waals surface area contributed by atoms with Crippen LogP contribution in [0.4, 0.5) is 0 Å². The van der Waals surface area contributed by atoms with Gasteiger partial charge in [-0.05, 0) is 18.6 Å². The Morgan fingerprint density at radius 2 is 2.29 bits per heavy atom. The molecule has 2 aromatic rings. The molecule has 0 unspecified atom stereocenters. The van der Waals surface area contributed by atoms with Gasteiger partial charge in [-0.3, -0.25) is 4.79 Å². The van der Waals surface area contributed by atoms with E-state index in [0.717, 1.165) is 16.9 Å². The number of nitrogens with one attached hydrogen (secondary N) is 1. The van der Waals surface area contributed by atoms with Crippen molar-refractivity contribution in [1.82, 2.24) is 9.97 Å². The predicted molar refractivity (Wildman–Crippen MR) is 64.4 cm³/mol. The second-order valence-corrected chi connectivity index (χ2v) is 3.87. The number of H-pyrrole nitrogens is 1. The van der Waals surface area contributed by atoms with E-state index in [2.05, 4.69) is 14.7 Å². The van der Waals surface area contributed by atoms with E-state index < -0.39 is 6.04 Å². The van der Waals surface area contributed by atoms with Crippen molar-refractivity contribution < 1.29 is 9.53 Å². The number of fused-ring (bicyclic) bond motifs is 1. The molecule has 0 aliphatic heterocycles. The lowest BCUT2D eigenvalue weighted by Crippen LogP contribution is -2.32. The molecule has 1 heterocycles. The fourth-order valence-corrected chi connectivity index (χ4v) is 1.69. The van der Waals surface area contributed by atoms with Crippen molar-refractivity contribution in [2.75, 3.05) is 7.11 Å². The molecule has 0 saturated carbocycles. The van der Waals surface area contributed by atoms with E-state index in [1.807, 2.05) is 24.3 Å². The van der Waals surface area contributed by atoms with Crippen molar-refractivity contribution in [3.8, 4) is 0 Å². The van der Waals surface area contributed by atoms with Crippen LogP contribution in [0.1, 0.15) is 12.2 Å². The minimum Gasteiger partial charge on any atom is -0.468 e. The van der Waals surface area contributed by atoms with E-state index in [-0.39, 0.29) is 5.97 Å². The highest BCUT2D eigenvalue weighted by Gasteiger charge is 2.14. The van der Waals surface area contributed by atoms with Crippen LogP contribution < -0.4 is 5.73 Å². The number of ether oxygens (including phenoxy) is 1. The third-order valence-corrected chi connectivity index (χ3v) is 2.63. The molecule has 0 aliphatic rings. The fraction of sp³-hybridized carbons (Fsp3) is 0.333. The number of carbonyl (C=O) groups is 1. The van der Waals surface area contributed by atoms with E-state index in [1.54, 1.807) is 0 Å². The third-order valence-electron chi connectivity index (χ3n) is 2.63. The number of hydrogen-bond donors (Lipinski definition) is 2. The second-order valence-electron chi connectivity index (χ2n) is 3.87. The molecule has 90 valence electrons. The molecular weight excluding hydrogens is 218 g/mol. The molecule has 17 heavy (non-hydrogen) atoms. The molecule has 1 aromatic carbocycles. The molecular formula is C12H15N3O2. The van der Waals surface area contributed by atoms with Crippen LogP contribution in [0, 0.1) is 0 Å². The summed E-state index contributed by atoms with van der Waals surface area (Å²) in [4.78, 5) is 18.7. The Balaban J connectivity index is 2.01. The van der Waals surface area contributed by atoms with Crippen molar-refractivity contribution in [1.29, 1.82) is 0 Å². The Labute approximate surface area is 99.0 Å². The van der Waals surface area contributed by atoms with Gasteiger partial charge in [-0.1, -0.05) is 12.1 Å². The number of nitrogens with two attached hydrogens (primary N) is 1. The lowest BCUT2D eigenvalue weighted by Gasteiger charge is -2.06. The summed E-state index contributed by atoms with van der Waals surface area (Å²) in [6.45, 7) is 0. The number of aromatic nitrogens is 2. The lowest BCUT2D eigenvalue weighted by atomic mass is 10.1. The lowest BCUT2D eigenvalue weighted by molar-refractivity contribution is -0.142. The number of imidazole rings is 1. The summed E-state index contributed by atoms with van der Waals surface area (Å²) >= 11 is 0. The first kappa shape index (κ1) is 11.6. The number of benzene rings is 1. The number of para-hydroxylation sites is 2. The zero-order chi connectivity index (χ0) is 12.3. The molecule has 5 nitrogen and oxygen atoms in total. The monoisotopic (exact) mass is 233 g/mol. The van der Waals surface area contributed by atoms with E-state index in [9.17, 15) is 4.79 Å². The first-order valence-corrected chi connectivity index (χ1v) is 5.47. The summed E-state index contributed by atoms with van der Waals surface area (Å²) in [5.74, 6) is 0.451. The van der Waals surface area contributed by atoms with E-state index in [1.165, 1.54) is 7.11 Å². The molecule has 0 spiro atoms. The van der Waals surface area contributed by atoms with Gasteiger partial charge < -0.3 is 15.5 Å². The first-order valence-electron chi connectivity index (χ1n) is 5.47. The van der Waals surface area contributed by atoms with Gasteiger partial charge in [0.2, 0.25) is 0 Å². The largest absolute Gasteiger partial charge is 0.468 e. The zero-order valence-corrected chi connectivity index (χ0v) is 9.64. The Morgan fingerprint density at radius 1 is 1.53 bits per heavy atom. The van der Waals surface area contributed by atoms with Gasteiger partial charge in [0.1, 0.15) is 11.9 Å². The van der Waals surface area contributed by atoms with Crippen LogP contribution in [0.3, 0.4) is 0 Å². The minimum absolute atomic E-state index is 0.388. The Bertz CT molecular complexity index is 488. The van der Waals surface area contributed by atoms with Crippen molar-refractivity contribution in [2.24, 2.45) is 5.73 Å². The van der Waals surface area contributed by atoms with Crippen LogP contribution in [0.25, 0.3) is 11.0 Å². The highest BCUT2D eigenvalue weighted by molar-refractivity contribution is 5.76. The number of esters is 1. The highest BCUT2D eigenvalue weighted by atomic mass is 16.5. The molecule has 5 heteroatoms. The SMILES string of the molecule is COC(=O)[C@H](N)CCc1nc2ccccc2[nH]1. The average Bonchev–Trinajstić information content (AvgIpc) is 2.77. The third kappa shape index (κ3) is 2.62. The predicted octanol–water partition coefficient (Wildman–Crippen LogP) is 0.996. The molecule has 0 amide bonds. The van der Waals surface area contributed by atoms with Gasteiger partial charge in [-0.15, -0.1) is 0 Å². The van der Waals surface area contributed by atoms with E-state index in [0.29, 0.717) is 12.8 Å². The van der Waals surface area contributed by atoms with Crippen LogP contribution in [0.2, 0.25) is 0 Å². The van der Waals surface area contributed by atoms with Crippen LogP contribution in [-0.4, -0.2) is 29.1 Å². The van der Waals surface area contributed by atoms with E-state index >= 15 is 0 Å². The summed E-state index contributed by atoms with van der Waals surface area (Å²) in [5.41, 5.74) is 7.57. The van der Waals surface area contributed by atoms with Gasteiger partial charge in [0.05, 0.1) is 18.1 Å². The maximum atomic E-state index is 11.1. The number of hydrogen-bond acceptors (Lipinski definition) is 4. The smallest absolute Gasteiger partial charge is 0.322 e. The van der Waals surface area contributed by atoms with Gasteiger partial charge in [0.25, 0.3) is 0 Å². The highest BCUT2D eigenvalue weighted by Crippen LogP contribution is 2.11. The Morgan fingerprint density at radius 3 is 3.00 bits per heavy atom. The fourth-order valence-electron chi connectivity index (χ4n) is 1.69. The average molecular weight is 233 g/mol. The van der Waals surface area contributed by atoms with Gasteiger partial charge in [0, 0.05) is 6.42 Å². The molecule has 1 atom stereocenters. The maximum absolute atomic E-state index is 11.1. The van der Waals surface area contributed by atoms with Crippen molar-refractivity contribution in [2.45, 2.75) is 18.9 Å².